The second-order valence-corrected chi connectivity index (χ2v) is 12.0. The molecule has 4 aromatic rings. The molecule has 0 spiro atoms. The fraction of sp³-hybridized carbons (Fsp3) is 0.343. The quantitative estimate of drug-likeness (QED) is 0.0541. The molecule has 1 heterocycles. The highest BCUT2D eigenvalue weighted by Gasteiger charge is 2.31. The van der Waals surface area contributed by atoms with Crippen LogP contribution >= 0.6 is 0 Å². The van der Waals surface area contributed by atoms with Gasteiger partial charge in [0.05, 0.1) is 24.9 Å². The average molecular weight is 658 g/mol. The highest BCUT2D eigenvalue weighted by molar-refractivity contribution is 5.93. The van der Waals surface area contributed by atoms with Crippen molar-refractivity contribution < 1.29 is 29.0 Å². The smallest absolute Gasteiger partial charge is 0.408 e. The standard InChI is InChI=1S/C35H43N7O6/c1-22(2)15-28(31(43)18-32(44)42-36)39-34(46)30(17-26-19-37-21-38-26)40-33(45)29(41-35(47)48-20-23-9-4-3-5-10-23)16-25-13-8-12-24-11-6-7-14-27(24)25/h3-14,19,21-22,28-31,43H,15-18,20,36H2,1-2H3,(H,37,38)(H,39,46)(H,40,45)(H,41,47)(H,42,44)/t28-,29-,30?,31-/m0/s1. The van der Waals surface area contributed by atoms with Crippen molar-refractivity contribution in [3.05, 3.63) is 102 Å². The molecule has 4 rings (SSSR count). The Hall–Kier alpha value is -5.27. The average Bonchev–Trinajstić information content (AvgIpc) is 3.60. The van der Waals surface area contributed by atoms with E-state index in [0.717, 1.165) is 21.9 Å². The van der Waals surface area contributed by atoms with Crippen molar-refractivity contribution in [1.29, 1.82) is 0 Å². The Morgan fingerprint density at radius 2 is 1.56 bits per heavy atom. The van der Waals surface area contributed by atoms with Gasteiger partial charge in [-0.15, -0.1) is 0 Å². The van der Waals surface area contributed by atoms with Crippen LogP contribution in [-0.4, -0.2) is 63.1 Å². The van der Waals surface area contributed by atoms with Crippen LogP contribution in [0.15, 0.2) is 85.3 Å². The van der Waals surface area contributed by atoms with Crippen molar-refractivity contribution in [1.82, 2.24) is 31.3 Å². The summed E-state index contributed by atoms with van der Waals surface area (Å²) in [6.07, 6.45) is 1.12. The zero-order valence-electron chi connectivity index (χ0n) is 27.0. The predicted octanol–water partition coefficient (Wildman–Crippen LogP) is 2.40. The fourth-order valence-electron chi connectivity index (χ4n) is 5.40. The van der Waals surface area contributed by atoms with Crippen molar-refractivity contribution >= 4 is 34.6 Å². The summed E-state index contributed by atoms with van der Waals surface area (Å²) in [7, 11) is 0. The van der Waals surface area contributed by atoms with Crippen molar-refractivity contribution in [3.8, 4) is 0 Å². The fourth-order valence-corrected chi connectivity index (χ4v) is 5.40. The largest absolute Gasteiger partial charge is 0.445 e. The number of ether oxygens (including phenoxy) is 1. The van der Waals surface area contributed by atoms with Crippen LogP contribution in [0.1, 0.15) is 43.5 Å². The van der Waals surface area contributed by atoms with Gasteiger partial charge in [-0.3, -0.25) is 19.8 Å². The third kappa shape index (κ3) is 10.6. The molecule has 0 fully saturated rings. The number of aliphatic hydroxyl groups excluding tert-OH is 1. The van der Waals surface area contributed by atoms with Crippen molar-refractivity contribution in [2.75, 3.05) is 0 Å². The number of hydrogen-bond acceptors (Lipinski definition) is 8. The number of amides is 4. The van der Waals surface area contributed by atoms with E-state index in [1.807, 2.05) is 92.1 Å². The molecule has 0 saturated carbocycles. The summed E-state index contributed by atoms with van der Waals surface area (Å²) in [6, 6.07) is 19.5. The number of aromatic nitrogens is 2. The molecule has 48 heavy (non-hydrogen) atoms. The number of aliphatic hydroxyl groups is 1. The number of fused-ring (bicyclic) bond motifs is 1. The van der Waals surface area contributed by atoms with E-state index < -0.39 is 48.0 Å². The lowest BCUT2D eigenvalue weighted by molar-refractivity contribution is -0.131. The molecule has 0 aliphatic heterocycles. The summed E-state index contributed by atoms with van der Waals surface area (Å²) < 4.78 is 5.44. The van der Waals surface area contributed by atoms with E-state index in [-0.39, 0.29) is 31.8 Å². The van der Waals surface area contributed by atoms with Gasteiger partial charge in [0.15, 0.2) is 0 Å². The van der Waals surface area contributed by atoms with E-state index in [4.69, 9.17) is 10.6 Å². The Balaban J connectivity index is 1.57. The van der Waals surface area contributed by atoms with Crippen LogP contribution in [0.3, 0.4) is 0 Å². The molecular formula is C35H43N7O6. The molecule has 0 aliphatic rings. The monoisotopic (exact) mass is 657 g/mol. The molecule has 4 amide bonds. The lowest BCUT2D eigenvalue weighted by Crippen LogP contribution is -2.57. The highest BCUT2D eigenvalue weighted by Crippen LogP contribution is 2.20. The number of benzene rings is 3. The molecule has 0 radical (unpaired) electrons. The van der Waals surface area contributed by atoms with E-state index >= 15 is 0 Å². The summed E-state index contributed by atoms with van der Waals surface area (Å²) in [6.45, 7) is 3.83. The number of nitrogens with zero attached hydrogens (tertiary/aromatic N) is 1. The van der Waals surface area contributed by atoms with Gasteiger partial charge in [0.1, 0.15) is 18.7 Å². The van der Waals surface area contributed by atoms with E-state index in [9.17, 15) is 24.3 Å². The number of alkyl carbamates (subject to hydrolysis) is 1. The summed E-state index contributed by atoms with van der Waals surface area (Å²) in [5.74, 6) is 3.46. The summed E-state index contributed by atoms with van der Waals surface area (Å²) >= 11 is 0. The molecule has 254 valence electrons. The van der Waals surface area contributed by atoms with Crippen LogP contribution in [-0.2, 0) is 38.6 Å². The first-order chi connectivity index (χ1) is 23.1. The summed E-state index contributed by atoms with van der Waals surface area (Å²) in [5.41, 5.74) is 4.15. The second-order valence-electron chi connectivity index (χ2n) is 12.0. The minimum atomic E-state index is -1.23. The normalized spacial score (nSPS) is 13.6. The zero-order valence-corrected chi connectivity index (χ0v) is 27.0. The Bertz CT molecular complexity index is 1640. The molecule has 13 nitrogen and oxygen atoms in total. The molecule has 13 heteroatoms. The van der Waals surface area contributed by atoms with Crippen molar-refractivity contribution in [2.45, 2.75) is 70.4 Å². The first kappa shape index (κ1) is 35.6. The molecule has 1 aromatic heterocycles. The lowest BCUT2D eigenvalue weighted by Gasteiger charge is -2.28. The first-order valence-corrected chi connectivity index (χ1v) is 15.8. The van der Waals surface area contributed by atoms with Crippen LogP contribution in [0, 0.1) is 5.92 Å². The van der Waals surface area contributed by atoms with E-state index in [0.29, 0.717) is 12.1 Å². The number of imidazole rings is 1. The molecule has 1 unspecified atom stereocenters. The van der Waals surface area contributed by atoms with Crippen molar-refractivity contribution in [2.24, 2.45) is 11.8 Å². The van der Waals surface area contributed by atoms with Gasteiger partial charge in [0.25, 0.3) is 0 Å². The first-order valence-electron chi connectivity index (χ1n) is 15.8. The summed E-state index contributed by atoms with van der Waals surface area (Å²) in [5, 5.41) is 21.0. The van der Waals surface area contributed by atoms with Gasteiger partial charge in [0.2, 0.25) is 17.7 Å². The Morgan fingerprint density at radius 1 is 0.875 bits per heavy atom. The number of hydrazine groups is 1. The Kier molecular flexibility index (Phi) is 13.0. The predicted molar refractivity (Wildman–Crippen MR) is 180 cm³/mol. The van der Waals surface area contributed by atoms with Crippen molar-refractivity contribution in [3.63, 3.8) is 0 Å². The van der Waals surface area contributed by atoms with E-state index in [1.54, 1.807) is 0 Å². The molecular weight excluding hydrogens is 614 g/mol. The maximum atomic E-state index is 14.0. The van der Waals surface area contributed by atoms with Gasteiger partial charge in [-0.2, -0.15) is 0 Å². The number of nitrogens with one attached hydrogen (secondary N) is 5. The van der Waals surface area contributed by atoms with Crippen LogP contribution in [0.2, 0.25) is 0 Å². The van der Waals surface area contributed by atoms with E-state index in [2.05, 4.69) is 25.9 Å². The minimum Gasteiger partial charge on any atom is -0.445 e. The second kappa shape index (κ2) is 17.6. The highest BCUT2D eigenvalue weighted by atomic mass is 16.5. The summed E-state index contributed by atoms with van der Waals surface area (Å²) in [4.78, 5) is 59.7. The lowest BCUT2D eigenvalue weighted by atomic mass is 9.96. The third-order valence-electron chi connectivity index (χ3n) is 7.81. The van der Waals surface area contributed by atoms with Gasteiger partial charge in [-0.05, 0) is 34.2 Å². The maximum Gasteiger partial charge on any atom is 0.408 e. The number of carbonyl (C=O) groups is 4. The topological polar surface area (TPSA) is 201 Å². The number of rotatable bonds is 16. The molecule has 0 saturated heterocycles. The zero-order chi connectivity index (χ0) is 34.5. The number of carbonyl (C=O) groups excluding carboxylic acids is 4. The van der Waals surface area contributed by atoms with Crippen LogP contribution in [0.5, 0.6) is 0 Å². The van der Waals surface area contributed by atoms with Gasteiger partial charge < -0.3 is 30.8 Å². The Morgan fingerprint density at radius 3 is 2.27 bits per heavy atom. The third-order valence-corrected chi connectivity index (χ3v) is 7.81. The molecule has 3 aromatic carbocycles. The van der Waals surface area contributed by atoms with Gasteiger partial charge in [-0.25, -0.2) is 15.6 Å². The van der Waals surface area contributed by atoms with Crippen LogP contribution in [0.25, 0.3) is 10.8 Å². The number of hydrogen-bond donors (Lipinski definition) is 7. The number of aromatic amines is 1. The number of H-pyrrole nitrogens is 1. The minimum absolute atomic E-state index is 0.00187. The van der Waals surface area contributed by atoms with Crippen LogP contribution < -0.4 is 27.2 Å². The van der Waals surface area contributed by atoms with Crippen LogP contribution in [0.4, 0.5) is 4.79 Å². The molecule has 0 bridgehead atoms. The van der Waals surface area contributed by atoms with Gasteiger partial charge >= 0.3 is 6.09 Å². The van der Waals surface area contributed by atoms with E-state index in [1.165, 1.54) is 12.5 Å². The molecule has 4 atom stereocenters. The number of nitrogens with two attached hydrogens (primary N) is 1. The maximum absolute atomic E-state index is 14.0. The van der Waals surface area contributed by atoms with Gasteiger partial charge in [0, 0.05) is 24.7 Å². The Labute approximate surface area is 279 Å². The van der Waals surface area contributed by atoms with Gasteiger partial charge in [-0.1, -0.05) is 86.6 Å². The molecule has 0 aliphatic carbocycles. The SMILES string of the molecule is CC(C)C[C@H](NC(=O)C(Cc1cnc[nH]1)NC(=O)[C@H](Cc1cccc2ccccc12)NC(=O)OCc1ccccc1)[C@@H](O)CC(=O)NN. The molecule has 8 N–H and O–H groups in total.